The average molecular weight is 1050 g/mol. The van der Waals surface area contributed by atoms with Gasteiger partial charge in [-0.3, -0.25) is 53.2 Å². The fourth-order valence-electron chi connectivity index (χ4n) is 6.73. The monoisotopic (exact) mass is 1050 g/mol. The van der Waals surface area contributed by atoms with E-state index in [2.05, 4.69) is 16.0 Å². The molecular formula is C41H66LuN8O13+3. The van der Waals surface area contributed by atoms with Crippen LogP contribution in [0, 0.1) is 43.8 Å². The number of rotatable bonds is 27. The molecule has 1 fully saturated rings. The minimum Gasteiger partial charge on any atom is -0.481 e. The fourth-order valence-corrected chi connectivity index (χ4v) is 6.73. The van der Waals surface area contributed by atoms with Crippen molar-refractivity contribution in [1.82, 2.24) is 40.4 Å². The predicted octanol–water partition coefficient (Wildman–Crippen LogP) is 0.307. The Hall–Kier alpha value is -4.15. The minimum absolute atomic E-state index is 0. The standard InChI is InChI=1S/C41H66N8O13.Lu/c1-31-9-12-33(13-10-31)25-49(16-6-4-7-35(62-30-50)44-41(61)43-32(2)11-14-37(53)54)36(52)8-3-5-15-42-34(51)26-45-17-19-46(27-38(55)56)21-23-48(29-40(59)60)24-22-47(20-18-45)28-39(57)58;/h9-10,12-13,30,32,35H,3-8,11,14-29H2,1-2H3,(H,42,51)(H,53,54)(H,55,56)(H,57,58)(H,59,60)(H2,43,44,61);/q;+3/t32-,35-;/m0./s1. The van der Waals surface area contributed by atoms with Gasteiger partial charge in [0, 0.05) is 97.3 Å². The Labute approximate surface area is 398 Å². The molecule has 22 heteroatoms. The smallest absolute Gasteiger partial charge is 0.481 e. The van der Waals surface area contributed by atoms with Gasteiger partial charge < -0.3 is 46.0 Å². The number of carbonyl (C=O) groups excluding carboxylic acids is 4. The molecule has 1 aromatic carbocycles. The first-order valence-corrected chi connectivity index (χ1v) is 21.1. The van der Waals surface area contributed by atoms with Crippen LogP contribution in [-0.4, -0.2) is 197 Å². The molecule has 0 spiro atoms. The third kappa shape index (κ3) is 27.6. The number of ether oxygens (including phenoxy) is 1. The van der Waals surface area contributed by atoms with Crippen LogP contribution < -0.4 is 16.0 Å². The molecule has 0 aliphatic carbocycles. The summed E-state index contributed by atoms with van der Waals surface area (Å²) in [6.07, 6.45) is 1.80. The van der Waals surface area contributed by atoms with Crippen molar-refractivity contribution < 1.29 is 100 Å². The fraction of sp³-hybridized carbons (Fsp3) is 0.659. The Morgan fingerprint density at radius 2 is 1.19 bits per heavy atom. The number of nitrogens with one attached hydrogen (secondary N) is 3. The quantitative estimate of drug-likeness (QED) is 0.0355. The summed E-state index contributed by atoms with van der Waals surface area (Å²) in [5.41, 5.74) is 2.03. The van der Waals surface area contributed by atoms with Gasteiger partial charge in [0.25, 0.3) is 6.47 Å². The van der Waals surface area contributed by atoms with E-state index in [1.165, 1.54) is 0 Å². The molecule has 2 rings (SSSR count). The average Bonchev–Trinajstić information content (AvgIpc) is 3.19. The first-order chi connectivity index (χ1) is 29.5. The Kier molecular flexibility index (Phi) is 29.3. The van der Waals surface area contributed by atoms with Crippen molar-refractivity contribution in [1.29, 1.82) is 0 Å². The summed E-state index contributed by atoms with van der Waals surface area (Å²) in [6.45, 7) is 6.46. The summed E-state index contributed by atoms with van der Waals surface area (Å²) in [6, 6.07) is 6.84. The molecule has 0 unspecified atom stereocenters. The van der Waals surface area contributed by atoms with Gasteiger partial charge in [0.1, 0.15) is 0 Å². The van der Waals surface area contributed by atoms with Crippen LogP contribution >= 0.6 is 0 Å². The van der Waals surface area contributed by atoms with E-state index < -0.39 is 42.2 Å². The third-order valence-electron chi connectivity index (χ3n) is 10.2. The second-order valence-electron chi connectivity index (χ2n) is 15.6. The van der Waals surface area contributed by atoms with Crippen LogP contribution in [0.3, 0.4) is 0 Å². The molecule has 1 saturated heterocycles. The van der Waals surface area contributed by atoms with Crippen LogP contribution in [-0.2, 0) is 44.8 Å². The van der Waals surface area contributed by atoms with E-state index >= 15 is 0 Å². The van der Waals surface area contributed by atoms with E-state index in [0.29, 0.717) is 71.5 Å². The molecule has 1 heterocycles. The Morgan fingerprint density at radius 1 is 0.683 bits per heavy atom. The van der Waals surface area contributed by atoms with Crippen molar-refractivity contribution >= 4 is 48.2 Å². The second kappa shape index (κ2) is 32.5. The maximum Gasteiger partial charge on any atom is 3.00 e. The van der Waals surface area contributed by atoms with Gasteiger partial charge >= 0.3 is 66.8 Å². The number of benzene rings is 1. The topological polar surface area (TPSA) is 279 Å². The Morgan fingerprint density at radius 3 is 1.67 bits per heavy atom. The number of unbranched alkanes of at least 4 members (excludes halogenated alkanes) is 2. The van der Waals surface area contributed by atoms with E-state index in [0.717, 1.165) is 11.1 Å². The number of nitrogens with zero attached hydrogens (tertiary/aromatic N) is 5. The van der Waals surface area contributed by atoms with Gasteiger partial charge in [-0.1, -0.05) is 29.8 Å². The number of hydrogen-bond donors (Lipinski definition) is 7. The van der Waals surface area contributed by atoms with Gasteiger partial charge in [0.2, 0.25) is 11.8 Å². The third-order valence-corrected chi connectivity index (χ3v) is 10.2. The molecule has 0 saturated carbocycles. The van der Waals surface area contributed by atoms with Crippen LogP contribution in [0.4, 0.5) is 4.79 Å². The molecule has 1 aromatic rings. The summed E-state index contributed by atoms with van der Waals surface area (Å²) in [5.74, 6) is -4.44. The summed E-state index contributed by atoms with van der Waals surface area (Å²) >= 11 is 0. The number of hydrogen-bond acceptors (Lipinski definition) is 13. The molecule has 0 bridgehead atoms. The number of carbonyl (C=O) groups is 8. The summed E-state index contributed by atoms with van der Waals surface area (Å²) in [5, 5.41) is 45.3. The normalized spacial score (nSPS) is 15.5. The van der Waals surface area contributed by atoms with Gasteiger partial charge in [0.05, 0.1) is 26.2 Å². The maximum atomic E-state index is 13.5. The number of amides is 4. The number of aryl methyl sites for hydroxylation is 1. The Bertz CT molecular complexity index is 1560. The summed E-state index contributed by atoms with van der Waals surface area (Å²) < 4.78 is 5.05. The molecule has 2 atom stereocenters. The van der Waals surface area contributed by atoms with Crippen molar-refractivity contribution in [2.24, 2.45) is 0 Å². The Balaban J connectivity index is 0.0000198. The minimum atomic E-state index is -1.04. The van der Waals surface area contributed by atoms with Crippen LogP contribution in [0.15, 0.2) is 24.3 Å². The molecule has 360 valence electrons. The first kappa shape index (κ1) is 56.9. The van der Waals surface area contributed by atoms with Gasteiger partial charge in [-0.25, -0.2) is 4.79 Å². The zero-order valence-corrected chi connectivity index (χ0v) is 37.9. The van der Waals surface area contributed by atoms with E-state index in [9.17, 15) is 53.7 Å². The largest absolute Gasteiger partial charge is 3.00 e. The second-order valence-corrected chi connectivity index (χ2v) is 15.6. The van der Waals surface area contributed by atoms with Crippen LogP contribution in [0.2, 0.25) is 0 Å². The molecular weight excluding hydrogens is 987 g/mol. The van der Waals surface area contributed by atoms with Crippen LogP contribution in [0.5, 0.6) is 0 Å². The number of aliphatic carboxylic acids is 4. The SMILES string of the molecule is Cc1ccc(CN(CCCC[C@@H](NC(=O)N[C@@H](C)CCC(=O)O)OC=O)C(=O)CCCCNC(=O)CN2CCN(CC(=O)O)CCN(CC(=O)O)CCN(CC(=O)O)CC2)cc1.[Lu+3]. The van der Waals surface area contributed by atoms with Gasteiger partial charge in [0.15, 0.2) is 6.23 Å². The molecule has 1 aliphatic rings. The summed E-state index contributed by atoms with van der Waals surface area (Å²) in [7, 11) is 0. The number of urea groups is 1. The molecule has 63 heavy (non-hydrogen) atoms. The molecule has 0 radical (unpaired) electrons. The van der Waals surface area contributed by atoms with Gasteiger partial charge in [-0.05, 0) is 51.5 Å². The molecule has 7 N–H and O–H groups in total. The van der Waals surface area contributed by atoms with Crippen molar-refractivity contribution in [2.45, 2.75) is 84.0 Å². The number of carboxylic acid groups (broad SMARTS) is 4. The number of carboxylic acids is 4. The van der Waals surface area contributed by atoms with Crippen LogP contribution in [0.1, 0.15) is 69.4 Å². The molecule has 0 aromatic heterocycles. The maximum absolute atomic E-state index is 13.5. The molecule has 1 aliphatic heterocycles. The zero-order chi connectivity index (χ0) is 45.9. The molecule has 4 amide bonds. The van der Waals surface area contributed by atoms with Gasteiger partial charge in [-0.2, -0.15) is 0 Å². The van der Waals surface area contributed by atoms with E-state index in [1.54, 1.807) is 26.5 Å². The van der Waals surface area contributed by atoms with Crippen LogP contribution in [0.25, 0.3) is 0 Å². The first-order valence-electron chi connectivity index (χ1n) is 21.1. The van der Waals surface area contributed by atoms with E-state index in [-0.39, 0.29) is 133 Å². The van der Waals surface area contributed by atoms with Crippen molar-refractivity contribution in [2.75, 3.05) is 91.6 Å². The van der Waals surface area contributed by atoms with Crippen molar-refractivity contribution in [3.8, 4) is 0 Å². The predicted molar refractivity (Wildman–Crippen MR) is 225 cm³/mol. The molecule has 21 nitrogen and oxygen atoms in total. The van der Waals surface area contributed by atoms with E-state index in [1.807, 2.05) is 36.1 Å². The van der Waals surface area contributed by atoms with Gasteiger partial charge in [-0.15, -0.1) is 0 Å². The van der Waals surface area contributed by atoms with E-state index in [4.69, 9.17) is 9.84 Å². The summed E-state index contributed by atoms with van der Waals surface area (Å²) in [4.78, 5) is 104. The zero-order valence-electron chi connectivity index (χ0n) is 36.3. The van der Waals surface area contributed by atoms with Crippen molar-refractivity contribution in [3.05, 3.63) is 35.4 Å². The van der Waals surface area contributed by atoms with Crippen molar-refractivity contribution in [3.63, 3.8) is 0 Å².